The standard InChI is InChI=1S/C20H26N6O3S/c1-13-20(14(2)23-22-13)30(27,28)25-9-7-15(8-10-25)12-29-19-6-5-18-21-17(16-3-4-16)11-26(18)24-19/h5-6,11,15-16H,3-4,7-10,12H2,1-2H3,(H,22,23). The van der Waals surface area contributed by atoms with Gasteiger partial charge in [-0.15, -0.1) is 5.10 Å². The molecular formula is C20H26N6O3S. The number of piperidine rings is 1. The largest absolute Gasteiger partial charge is 0.476 e. The Bertz CT molecular complexity index is 1150. The van der Waals surface area contributed by atoms with Crippen LogP contribution in [0.5, 0.6) is 5.88 Å². The number of ether oxygens (including phenoxy) is 1. The second-order valence-corrected chi connectivity index (χ2v) is 10.2. The SMILES string of the molecule is Cc1n[nH]c(C)c1S(=O)(=O)N1CCC(COc2ccc3nc(C4CC4)cn3n2)CC1. The minimum atomic E-state index is -3.52. The Balaban J connectivity index is 1.19. The van der Waals surface area contributed by atoms with E-state index in [4.69, 9.17) is 4.74 Å². The molecule has 0 bridgehead atoms. The van der Waals surface area contributed by atoms with E-state index < -0.39 is 10.0 Å². The van der Waals surface area contributed by atoms with Crippen LogP contribution in [0.15, 0.2) is 23.2 Å². The van der Waals surface area contributed by atoms with Gasteiger partial charge in [-0.3, -0.25) is 5.10 Å². The van der Waals surface area contributed by atoms with E-state index in [-0.39, 0.29) is 0 Å². The summed E-state index contributed by atoms with van der Waals surface area (Å²) in [6.45, 7) is 4.96. The molecule has 9 nitrogen and oxygen atoms in total. The molecule has 0 aromatic carbocycles. The molecule has 4 heterocycles. The summed E-state index contributed by atoms with van der Waals surface area (Å²) >= 11 is 0. The summed E-state index contributed by atoms with van der Waals surface area (Å²) in [5, 5.41) is 11.3. The van der Waals surface area contributed by atoms with Crippen LogP contribution in [-0.2, 0) is 10.0 Å². The molecule has 30 heavy (non-hydrogen) atoms. The molecule has 1 aliphatic heterocycles. The van der Waals surface area contributed by atoms with Crippen molar-refractivity contribution >= 4 is 15.7 Å². The summed E-state index contributed by atoms with van der Waals surface area (Å²) in [6, 6.07) is 3.78. The average molecular weight is 431 g/mol. The molecule has 1 aliphatic carbocycles. The first-order chi connectivity index (χ1) is 14.4. The van der Waals surface area contributed by atoms with E-state index in [0.29, 0.717) is 53.7 Å². The number of sulfonamides is 1. The number of nitrogens with zero attached hydrogens (tertiary/aromatic N) is 5. The summed E-state index contributed by atoms with van der Waals surface area (Å²) < 4.78 is 35.2. The molecule has 2 fully saturated rings. The lowest BCUT2D eigenvalue weighted by molar-refractivity contribution is 0.179. The minimum absolute atomic E-state index is 0.297. The van der Waals surface area contributed by atoms with Gasteiger partial charge in [0.15, 0.2) is 5.65 Å². The van der Waals surface area contributed by atoms with Gasteiger partial charge in [-0.1, -0.05) is 0 Å². The lowest BCUT2D eigenvalue weighted by Crippen LogP contribution is -2.40. The Morgan fingerprint density at radius 3 is 2.60 bits per heavy atom. The smallest absolute Gasteiger partial charge is 0.246 e. The Morgan fingerprint density at radius 2 is 1.93 bits per heavy atom. The second-order valence-electron chi connectivity index (χ2n) is 8.34. The van der Waals surface area contributed by atoms with Crippen molar-refractivity contribution in [3.05, 3.63) is 35.4 Å². The molecule has 3 aromatic heterocycles. The fourth-order valence-corrected chi connectivity index (χ4v) is 5.91. The Kier molecular flexibility index (Phi) is 4.78. The van der Waals surface area contributed by atoms with Gasteiger partial charge in [0.1, 0.15) is 4.90 Å². The van der Waals surface area contributed by atoms with E-state index in [2.05, 4.69) is 20.3 Å². The van der Waals surface area contributed by atoms with Gasteiger partial charge in [-0.2, -0.15) is 9.40 Å². The lowest BCUT2D eigenvalue weighted by Gasteiger charge is -2.31. The van der Waals surface area contributed by atoms with Gasteiger partial charge in [0, 0.05) is 25.1 Å². The van der Waals surface area contributed by atoms with Crippen molar-refractivity contribution in [1.29, 1.82) is 0 Å². The van der Waals surface area contributed by atoms with Crippen molar-refractivity contribution in [2.24, 2.45) is 5.92 Å². The predicted molar refractivity (Wildman–Crippen MR) is 110 cm³/mol. The molecule has 2 aliphatic rings. The number of hydrogen-bond acceptors (Lipinski definition) is 6. The molecule has 1 saturated carbocycles. The number of fused-ring (bicyclic) bond motifs is 1. The van der Waals surface area contributed by atoms with Gasteiger partial charge >= 0.3 is 0 Å². The molecule has 5 rings (SSSR count). The van der Waals surface area contributed by atoms with Gasteiger partial charge in [0.25, 0.3) is 0 Å². The quantitative estimate of drug-likeness (QED) is 0.644. The molecule has 1 N–H and O–H groups in total. The number of nitrogens with one attached hydrogen (secondary N) is 1. The van der Waals surface area contributed by atoms with Gasteiger partial charge in [-0.05, 0) is 51.5 Å². The van der Waals surface area contributed by atoms with Crippen LogP contribution in [0.25, 0.3) is 5.65 Å². The average Bonchev–Trinajstić information content (AvgIpc) is 3.41. The fourth-order valence-electron chi connectivity index (χ4n) is 4.10. The molecule has 0 atom stereocenters. The van der Waals surface area contributed by atoms with Crippen LogP contribution in [0.1, 0.15) is 48.7 Å². The summed E-state index contributed by atoms with van der Waals surface area (Å²) in [5.41, 5.74) is 3.05. The topological polar surface area (TPSA) is 105 Å². The fraction of sp³-hybridized carbons (Fsp3) is 0.550. The maximum Gasteiger partial charge on any atom is 0.246 e. The van der Waals surface area contributed by atoms with Crippen molar-refractivity contribution in [2.75, 3.05) is 19.7 Å². The molecule has 0 unspecified atom stereocenters. The predicted octanol–water partition coefficient (Wildman–Crippen LogP) is 2.43. The zero-order chi connectivity index (χ0) is 20.9. The molecular weight excluding hydrogens is 404 g/mol. The number of H-pyrrole nitrogens is 1. The van der Waals surface area contributed by atoms with Gasteiger partial charge in [0.2, 0.25) is 15.9 Å². The molecule has 160 valence electrons. The maximum absolute atomic E-state index is 13.0. The molecule has 3 aromatic rings. The van der Waals surface area contributed by atoms with Crippen LogP contribution < -0.4 is 4.74 Å². The number of aromatic nitrogens is 5. The van der Waals surface area contributed by atoms with Crippen LogP contribution in [0.4, 0.5) is 0 Å². The zero-order valence-corrected chi connectivity index (χ0v) is 18.0. The van der Waals surface area contributed by atoms with E-state index in [9.17, 15) is 8.42 Å². The minimum Gasteiger partial charge on any atom is -0.476 e. The highest BCUT2D eigenvalue weighted by Gasteiger charge is 2.33. The van der Waals surface area contributed by atoms with E-state index >= 15 is 0 Å². The van der Waals surface area contributed by atoms with Gasteiger partial charge in [-0.25, -0.2) is 17.9 Å². The molecule has 0 radical (unpaired) electrons. The Morgan fingerprint density at radius 1 is 1.17 bits per heavy atom. The summed E-state index contributed by atoms with van der Waals surface area (Å²) in [6.07, 6.45) is 5.93. The van der Waals surface area contributed by atoms with E-state index in [0.717, 1.165) is 24.2 Å². The van der Waals surface area contributed by atoms with Crippen LogP contribution in [0, 0.1) is 19.8 Å². The second kappa shape index (κ2) is 7.35. The van der Waals surface area contributed by atoms with Crippen molar-refractivity contribution in [3.8, 4) is 5.88 Å². The van der Waals surface area contributed by atoms with Crippen LogP contribution in [0.2, 0.25) is 0 Å². The highest BCUT2D eigenvalue weighted by molar-refractivity contribution is 7.89. The normalized spacial score (nSPS) is 18.9. The van der Waals surface area contributed by atoms with Crippen molar-refractivity contribution < 1.29 is 13.2 Å². The first-order valence-corrected chi connectivity index (χ1v) is 11.9. The van der Waals surface area contributed by atoms with Gasteiger partial charge < -0.3 is 4.74 Å². The molecule has 10 heteroatoms. The molecule has 0 spiro atoms. The van der Waals surface area contributed by atoms with Crippen molar-refractivity contribution in [3.63, 3.8) is 0 Å². The Labute approximate surface area is 175 Å². The van der Waals surface area contributed by atoms with E-state index in [1.165, 1.54) is 12.8 Å². The van der Waals surface area contributed by atoms with E-state index in [1.54, 1.807) is 22.7 Å². The van der Waals surface area contributed by atoms with Crippen LogP contribution >= 0.6 is 0 Å². The summed E-state index contributed by atoms with van der Waals surface area (Å²) in [5.74, 6) is 1.46. The maximum atomic E-state index is 13.0. The Hall–Kier alpha value is -2.46. The number of aryl methyl sites for hydroxylation is 2. The van der Waals surface area contributed by atoms with E-state index in [1.807, 2.05) is 18.3 Å². The first kappa shape index (κ1) is 19.5. The first-order valence-electron chi connectivity index (χ1n) is 10.4. The highest BCUT2D eigenvalue weighted by atomic mass is 32.2. The third-order valence-corrected chi connectivity index (χ3v) is 8.17. The number of aromatic amines is 1. The monoisotopic (exact) mass is 430 g/mol. The molecule has 1 saturated heterocycles. The third-order valence-electron chi connectivity index (χ3n) is 6.01. The highest BCUT2D eigenvalue weighted by Crippen LogP contribution is 2.39. The number of hydrogen-bond donors (Lipinski definition) is 1. The van der Waals surface area contributed by atoms with Gasteiger partial charge in [0.05, 0.1) is 29.9 Å². The zero-order valence-electron chi connectivity index (χ0n) is 17.2. The van der Waals surface area contributed by atoms with Crippen molar-refractivity contribution in [1.82, 2.24) is 29.1 Å². The summed E-state index contributed by atoms with van der Waals surface area (Å²) in [4.78, 5) is 4.91. The van der Waals surface area contributed by atoms with Crippen molar-refractivity contribution in [2.45, 2.75) is 50.3 Å². The number of imidazole rings is 1. The summed E-state index contributed by atoms with van der Waals surface area (Å²) in [7, 11) is -3.52. The third kappa shape index (κ3) is 3.58. The number of rotatable bonds is 6. The molecule has 0 amide bonds. The lowest BCUT2D eigenvalue weighted by atomic mass is 9.99. The van der Waals surface area contributed by atoms with Crippen LogP contribution in [-0.4, -0.2) is 57.2 Å². The van der Waals surface area contributed by atoms with Crippen LogP contribution in [0.3, 0.4) is 0 Å².